The highest BCUT2D eigenvalue weighted by Crippen LogP contribution is 2.28. The van der Waals surface area contributed by atoms with Gasteiger partial charge in [0.1, 0.15) is 12.4 Å². The fraction of sp³-hybridized carbons (Fsp3) is 0.200. The topological polar surface area (TPSA) is 18.5 Å². The SMILES string of the molecule is COc1ccc(Br)c(COc2c(F)cccc2CBr)c1. The molecule has 0 aromatic heterocycles. The van der Waals surface area contributed by atoms with Crippen LogP contribution in [0.2, 0.25) is 0 Å². The van der Waals surface area contributed by atoms with Crippen LogP contribution in [0.5, 0.6) is 11.5 Å². The van der Waals surface area contributed by atoms with Crippen molar-refractivity contribution in [3.05, 3.63) is 57.8 Å². The zero-order valence-corrected chi connectivity index (χ0v) is 14.0. The van der Waals surface area contributed by atoms with Crippen molar-refractivity contribution in [3.8, 4) is 11.5 Å². The summed E-state index contributed by atoms with van der Waals surface area (Å²) in [5.74, 6) is 0.654. The number of benzene rings is 2. The number of ether oxygens (including phenoxy) is 2. The monoisotopic (exact) mass is 402 g/mol. The number of halogens is 3. The summed E-state index contributed by atoms with van der Waals surface area (Å²) >= 11 is 6.78. The molecule has 0 N–H and O–H groups in total. The maximum Gasteiger partial charge on any atom is 0.165 e. The van der Waals surface area contributed by atoms with E-state index in [1.165, 1.54) is 6.07 Å². The Bertz CT molecular complexity index is 602. The first-order chi connectivity index (χ1) is 9.65. The molecular weight excluding hydrogens is 391 g/mol. The lowest BCUT2D eigenvalue weighted by atomic mass is 10.2. The van der Waals surface area contributed by atoms with Gasteiger partial charge in [0.25, 0.3) is 0 Å². The molecule has 0 amide bonds. The molecule has 0 aliphatic rings. The number of para-hydroxylation sites is 1. The van der Waals surface area contributed by atoms with Crippen molar-refractivity contribution in [2.24, 2.45) is 0 Å². The van der Waals surface area contributed by atoms with Gasteiger partial charge in [-0.15, -0.1) is 0 Å². The number of hydrogen-bond donors (Lipinski definition) is 0. The number of methoxy groups -OCH3 is 1. The van der Waals surface area contributed by atoms with E-state index >= 15 is 0 Å². The van der Waals surface area contributed by atoms with Crippen LogP contribution in [0.15, 0.2) is 40.9 Å². The van der Waals surface area contributed by atoms with E-state index in [9.17, 15) is 4.39 Å². The molecule has 0 radical (unpaired) electrons. The third-order valence-electron chi connectivity index (χ3n) is 2.82. The normalized spacial score (nSPS) is 10.4. The molecule has 5 heteroatoms. The lowest BCUT2D eigenvalue weighted by molar-refractivity contribution is 0.286. The molecule has 0 saturated heterocycles. The van der Waals surface area contributed by atoms with E-state index in [0.29, 0.717) is 5.33 Å². The molecule has 0 atom stereocenters. The molecule has 0 fully saturated rings. The molecule has 0 aliphatic heterocycles. The predicted octanol–water partition coefficient (Wildman–Crippen LogP) is 5.07. The van der Waals surface area contributed by atoms with Crippen molar-refractivity contribution >= 4 is 31.9 Å². The van der Waals surface area contributed by atoms with Crippen molar-refractivity contribution < 1.29 is 13.9 Å². The third-order valence-corrected chi connectivity index (χ3v) is 4.20. The van der Waals surface area contributed by atoms with Crippen LogP contribution < -0.4 is 9.47 Å². The minimum Gasteiger partial charge on any atom is -0.497 e. The average molecular weight is 404 g/mol. The van der Waals surface area contributed by atoms with Gasteiger partial charge in [0, 0.05) is 20.9 Å². The number of rotatable bonds is 5. The Morgan fingerprint density at radius 2 is 1.95 bits per heavy atom. The Morgan fingerprint density at radius 1 is 1.15 bits per heavy atom. The lowest BCUT2D eigenvalue weighted by Gasteiger charge is -2.12. The molecule has 0 bridgehead atoms. The average Bonchev–Trinajstić information content (AvgIpc) is 2.47. The summed E-state index contributed by atoms with van der Waals surface area (Å²) in [5, 5.41) is 0.541. The molecule has 106 valence electrons. The van der Waals surface area contributed by atoms with E-state index in [4.69, 9.17) is 9.47 Å². The van der Waals surface area contributed by atoms with E-state index in [1.807, 2.05) is 24.3 Å². The minimum absolute atomic E-state index is 0.263. The van der Waals surface area contributed by atoms with Gasteiger partial charge in [-0.1, -0.05) is 44.0 Å². The van der Waals surface area contributed by atoms with E-state index in [2.05, 4.69) is 31.9 Å². The molecular formula is C15H13Br2FO2. The summed E-state index contributed by atoms with van der Waals surface area (Å²) in [5.41, 5.74) is 1.68. The molecule has 0 spiro atoms. The van der Waals surface area contributed by atoms with Gasteiger partial charge < -0.3 is 9.47 Å². The second-order valence-corrected chi connectivity index (χ2v) is 5.52. The van der Waals surface area contributed by atoms with E-state index in [-0.39, 0.29) is 18.2 Å². The zero-order chi connectivity index (χ0) is 14.5. The van der Waals surface area contributed by atoms with Gasteiger partial charge in [-0.2, -0.15) is 0 Å². The fourth-order valence-corrected chi connectivity index (χ4v) is 2.56. The molecule has 0 aliphatic carbocycles. The lowest BCUT2D eigenvalue weighted by Crippen LogP contribution is -2.01. The van der Waals surface area contributed by atoms with Gasteiger partial charge in [0.15, 0.2) is 11.6 Å². The largest absolute Gasteiger partial charge is 0.497 e. The summed E-state index contributed by atoms with van der Waals surface area (Å²) in [6.07, 6.45) is 0. The Hall–Kier alpha value is -1.07. The zero-order valence-electron chi connectivity index (χ0n) is 10.8. The predicted molar refractivity (Wildman–Crippen MR) is 84.1 cm³/mol. The van der Waals surface area contributed by atoms with Crippen LogP contribution >= 0.6 is 31.9 Å². The van der Waals surface area contributed by atoms with Crippen molar-refractivity contribution in [3.63, 3.8) is 0 Å². The Morgan fingerprint density at radius 3 is 2.65 bits per heavy atom. The Labute approximate surface area is 134 Å². The van der Waals surface area contributed by atoms with Crippen LogP contribution in [0, 0.1) is 5.82 Å². The Balaban J connectivity index is 2.21. The maximum atomic E-state index is 13.8. The van der Waals surface area contributed by atoms with Crippen molar-refractivity contribution in [2.45, 2.75) is 11.9 Å². The molecule has 20 heavy (non-hydrogen) atoms. The summed E-state index contributed by atoms with van der Waals surface area (Å²) in [4.78, 5) is 0. The van der Waals surface area contributed by atoms with Crippen LogP contribution in [-0.2, 0) is 11.9 Å². The molecule has 2 aromatic rings. The van der Waals surface area contributed by atoms with Gasteiger partial charge in [0.2, 0.25) is 0 Å². The summed E-state index contributed by atoms with van der Waals surface area (Å²) in [7, 11) is 1.60. The van der Waals surface area contributed by atoms with Gasteiger partial charge in [0.05, 0.1) is 7.11 Å². The molecule has 0 heterocycles. The van der Waals surface area contributed by atoms with Crippen molar-refractivity contribution in [2.75, 3.05) is 7.11 Å². The van der Waals surface area contributed by atoms with Crippen molar-refractivity contribution in [1.82, 2.24) is 0 Å². The molecule has 2 aromatic carbocycles. The maximum absolute atomic E-state index is 13.8. The highest BCUT2D eigenvalue weighted by Gasteiger charge is 2.10. The van der Waals surface area contributed by atoms with Crippen LogP contribution in [0.25, 0.3) is 0 Å². The Kier molecular flexibility index (Phi) is 5.43. The third kappa shape index (κ3) is 3.52. The van der Waals surface area contributed by atoms with Gasteiger partial charge in [-0.3, -0.25) is 0 Å². The van der Waals surface area contributed by atoms with E-state index in [1.54, 1.807) is 13.2 Å². The number of hydrogen-bond acceptors (Lipinski definition) is 2. The summed E-state index contributed by atoms with van der Waals surface area (Å²) < 4.78 is 25.5. The number of alkyl halides is 1. The summed E-state index contributed by atoms with van der Waals surface area (Å²) in [6.45, 7) is 0.263. The first-order valence-electron chi connectivity index (χ1n) is 5.94. The quantitative estimate of drug-likeness (QED) is 0.648. The van der Waals surface area contributed by atoms with E-state index in [0.717, 1.165) is 21.3 Å². The first kappa shape index (κ1) is 15.3. The van der Waals surface area contributed by atoms with Crippen LogP contribution in [0.3, 0.4) is 0 Å². The summed E-state index contributed by atoms with van der Waals surface area (Å²) in [6, 6.07) is 10.5. The standard InChI is InChI=1S/C15H13Br2FO2/c1-19-12-5-6-13(17)11(7-12)9-20-15-10(8-16)3-2-4-14(15)18/h2-7H,8-9H2,1H3. The van der Waals surface area contributed by atoms with Crippen molar-refractivity contribution in [1.29, 1.82) is 0 Å². The van der Waals surface area contributed by atoms with Gasteiger partial charge >= 0.3 is 0 Å². The van der Waals surface area contributed by atoms with Crippen LogP contribution in [0.1, 0.15) is 11.1 Å². The first-order valence-corrected chi connectivity index (χ1v) is 7.85. The van der Waals surface area contributed by atoms with Gasteiger partial charge in [-0.05, 0) is 24.3 Å². The van der Waals surface area contributed by atoms with E-state index < -0.39 is 0 Å². The second kappa shape index (κ2) is 7.09. The molecule has 2 nitrogen and oxygen atoms in total. The van der Waals surface area contributed by atoms with Gasteiger partial charge in [-0.25, -0.2) is 4.39 Å². The minimum atomic E-state index is -0.360. The fourth-order valence-electron chi connectivity index (χ4n) is 1.76. The van der Waals surface area contributed by atoms with Crippen LogP contribution in [0.4, 0.5) is 4.39 Å². The molecule has 0 saturated carbocycles. The second-order valence-electron chi connectivity index (χ2n) is 4.11. The highest BCUT2D eigenvalue weighted by molar-refractivity contribution is 9.10. The van der Waals surface area contributed by atoms with Crippen LogP contribution in [-0.4, -0.2) is 7.11 Å². The molecule has 2 rings (SSSR count). The highest BCUT2D eigenvalue weighted by atomic mass is 79.9. The molecule has 0 unspecified atom stereocenters. The smallest absolute Gasteiger partial charge is 0.165 e.